The van der Waals surface area contributed by atoms with Gasteiger partial charge in [-0.05, 0) is 48.8 Å². The minimum atomic E-state index is -1.52. The molecule has 4 aromatic rings. The summed E-state index contributed by atoms with van der Waals surface area (Å²) >= 11 is 0. The predicted octanol–water partition coefficient (Wildman–Crippen LogP) is 2.63. The summed E-state index contributed by atoms with van der Waals surface area (Å²) in [5.74, 6) is 0.749. The number of aromatic nitrogens is 3. The van der Waals surface area contributed by atoms with Crippen LogP contribution in [0.15, 0.2) is 61.2 Å². The van der Waals surface area contributed by atoms with Crippen molar-refractivity contribution < 1.29 is 10.0 Å². The summed E-state index contributed by atoms with van der Waals surface area (Å²) in [7, 11) is -1.52. The van der Waals surface area contributed by atoms with Crippen molar-refractivity contribution >= 4 is 41.5 Å². The van der Waals surface area contributed by atoms with Gasteiger partial charge in [0, 0.05) is 5.69 Å². The molecule has 0 aliphatic heterocycles. The van der Waals surface area contributed by atoms with Crippen LogP contribution >= 0.6 is 0 Å². The summed E-state index contributed by atoms with van der Waals surface area (Å²) in [6.07, 6.45) is 5.74. The smallest absolute Gasteiger partial charge is 0.423 e. The van der Waals surface area contributed by atoms with Gasteiger partial charge in [-0.3, -0.25) is 8.97 Å². The van der Waals surface area contributed by atoms with Crippen molar-refractivity contribution in [1.82, 2.24) is 14.0 Å². The van der Waals surface area contributed by atoms with Crippen LogP contribution in [0.2, 0.25) is 0 Å². The summed E-state index contributed by atoms with van der Waals surface area (Å²) in [4.78, 5) is 4.77. The molecule has 6 heteroatoms. The number of hydrogen-bond donors (Lipinski definition) is 2. The molecule has 5 nitrogen and oxygen atoms in total. The first-order chi connectivity index (χ1) is 12.7. The van der Waals surface area contributed by atoms with Crippen molar-refractivity contribution in [2.75, 3.05) is 0 Å². The van der Waals surface area contributed by atoms with E-state index in [1.807, 2.05) is 54.0 Å². The molecular weight excluding hydrogens is 325 g/mol. The quantitative estimate of drug-likeness (QED) is 0.560. The minimum absolute atomic E-state index is 0.433. The molecule has 128 valence electrons. The molecule has 0 aliphatic carbocycles. The maximum Gasteiger partial charge on any atom is 0.488 e. The lowest BCUT2D eigenvalue weighted by Gasteiger charge is -2.07. The number of para-hydroxylation sites is 2. The maximum atomic E-state index is 9.53. The van der Waals surface area contributed by atoms with Crippen LogP contribution in [0.1, 0.15) is 18.3 Å². The number of allylic oxidation sites excluding steroid dienone is 1. The molecule has 0 amide bonds. The lowest BCUT2D eigenvalue weighted by Crippen LogP contribution is -2.29. The Balaban J connectivity index is 2.14. The standard InChI is InChI=1S/C20H18BN3O2/c1-3-8-17-16(4-2)22-20-23(15-10-7-9-14(13-15)21(25)26)18-11-5-6-12-19(18)24(17)20/h3-13,25-26H,2H2,1H3/b8-3-. The fourth-order valence-corrected chi connectivity index (χ4v) is 3.32. The summed E-state index contributed by atoms with van der Waals surface area (Å²) in [6, 6.07) is 15.2. The minimum Gasteiger partial charge on any atom is -0.423 e. The molecule has 0 fully saturated rings. The third kappa shape index (κ3) is 2.39. The summed E-state index contributed by atoms with van der Waals surface area (Å²) in [5, 5.41) is 19.1. The number of benzene rings is 2. The van der Waals surface area contributed by atoms with Gasteiger partial charge in [-0.2, -0.15) is 0 Å². The van der Waals surface area contributed by atoms with Crippen molar-refractivity contribution in [2.45, 2.75) is 6.92 Å². The number of fused-ring (bicyclic) bond motifs is 3. The molecule has 0 spiro atoms. The summed E-state index contributed by atoms with van der Waals surface area (Å²) in [6.45, 7) is 5.85. The molecule has 0 saturated carbocycles. The number of hydrogen-bond acceptors (Lipinski definition) is 3. The zero-order chi connectivity index (χ0) is 18.3. The Morgan fingerprint density at radius 2 is 1.85 bits per heavy atom. The molecule has 0 bridgehead atoms. The highest BCUT2D eigenvalue weighted by molar-refractivity contribution is 6.58. The number of rotatable bonds is 4. The second kappa shape index (κ2) is 6.33. The van der Waals surface area contributed by atoms with Crippen LogP contribution in [-0.4, -0.2) is 31.1 Å². The van der Waals surface area contributed by atoms with Gasteiger partial charge in [0.25, 0.3) is 0 Å². The van der Waals surface area contributed by atoms with Crippen LogP contribution in [-0.2, 0) is 0 Å². The first kappa shape index (κ1) is 16.4. The van der Waals surface area contributed by atoms with E-state index in [0.29, 0.717) is 5.46 Å². The molecule has 2 N–H and O–H groups in total. The molecule has 0 aliphatic rings. The van der Waals surface area contributed by atoms with E-state index in [1.165, 1.54) is 0 Å². The molecular formula is C20H18BN3O2. The van der Waals surface area contributed by atoms with Gasteiger partial charge in [0.2, 0.25) is 5.78 Å². The van der Waals surface area contributed by atoms with Crippen LogP contribution in [0.4, 0.5) is 0 Å². The Kier molecular flexibility index (Phi) is 3.99. The fourth-order valence-electron chi connectivity index (χ4n) is 3.32. The highest BCUT2D eigenvalue weighted by atomic mass is 16.4. The van der Waals surface area contributed by atoms with Crippen molar-refractivity contribution in [3.8, 4) is 5.69 Å². The van der Waals surface area contributed by atoms with E-state index in [2.05, 4.69) is 11.0 Å². The molecule has 26 heavy (non-hydrogen) atoms. The first-order valence-electron chi connectivity index (χ1n) is 8.39. The van der Waals surface area contributed by atoms with E-state index >= 15 is 0 Å². The van der Waals surface area contributed by atoms with Crippen LogP contribution in [0.25, 0.3) is 34.7 Å². The van der Waals surface area contributed by atoms with Crippen molar-refractivity contribution in [1.29, 1.82) is 0 Å². The van der Waals surface area contributed by atoms with Gasteiger partial charge in [0.1, 0.15) is 0 Å². The molecule has 2 aromatic heterocycles. The number of imidazole rings is 2. The van der Waals surface area contributed by atoms with E-state index in [9.17, 15) is 10.0 Å². The Hall–Kier alpha value is -3.09. The van der Waals surface area contributed by atoms with Gasteiger partial charge in [-0.1, -0.05) is 36.9 Å². The Labute approximate surface area is 151 Å². The second-order valence-corrected chi connectivity index (χ2v) is 6.01. The Morgan fingerprint density at radius 1 is 1.08 bits per heavy atom. The van der Waals surface area contributed by atoms with Gasteiger partial charge in [0.15, 0.2) is 0 Å². The predicted molar refractivity (Wildman–Crippen MR) is 107 cm³/mol. The third-order valence-electron chi connectivity index (χ3n) is 4.43. The normalized spacial score (nSPS) is 11.7. The fraction of sp³-hybridized carbons (Fsp3) is 0.0500. The van der Waals surface area contributed by atoms with E-state index in [1.54, 1.807) is 24.3 Å². The molecule has 0 radical (unpaired) electrons. The molecule has 0 atom stereocenters. The maximum absolute atomic E-state index is 9.53. The van der Waals surface area contributed by atoms with E-state index < -0.39 is 7.12 Å². The van der Waals surface area contributed by atoms with Gasteiger partial charge < -0.3 is 10.0 Å². The Morgan fingerprint density at radius 3 is 2.54 bits per heavy atom. The molecule has 4 rings (SSSR count). The van der Waals surface area contributed by atoms with Crippen molar-refractivity contribution in [2.24, 2.45) is 0 Å². The van der Waals surface area contributed by atoms with Crippen LogP contribution in [0, 0.1) is 0 Å². The van der Waals surface area contributed by atoms with Gasteiger partial charge in [-0.25, -0.2) is 4.98 Å². The van der Waals surface area contributed by atoms with Crippen molar-refractivity contribution in [3.05, 3.63) is 72.6 Å². The molecule has 0 unspecified atom stereocenters. The van der Waals surface area contributed by atoms with Crippen LogP contribution in [0.5, 0.6) is 0 Å². The van der Waals surface area contributed by atoms with Crippen LogP contribution in [0.3, 0.4) is 0 Å². The van der Waals surface area contributed by atoms with E-state index in [0.717, 1.165) is 33.9 Å². The van der Waals surface area contributed by atoms with Gasteiger partial charge in [0.05, 0.1) is 22.4 Å². The molecule has 0 saturated heterocycles. The first-order valence-corrected chi connectivity index (χ1v) is 8.39. The molecule has 2 aromatic carbocycles. The lowest BCUT2D eigenvalue weighted by molar-refractivity contribution is 0.426. The monoisotopic (exact) mass is 343 g/mol. The topological polar surface area (TPSA) is 62.7 Å². The third-order valence-corrected chi connectivity index (χ3v) is 4.43. The summed E-state index contributed by atoms with van der Waals surface area (Å²) in [5.41, 5.74) is 5.02. The highest BCUT2D eigenvalue weighted by Gasteiger charge is 2.19. The van der Waals surface area contributed by atoms with Crippen LogP contribution < -0.4 is 5.46 Å². The SMILES string of the molecule is C=Cc1nc2n(-c3cccc(B(O)O)c3)c3ccccc3n2c1/C=C\C. The van der Waals surface area contributed by atoms with Gasteiger partial charge in [-0.15, -0.1) is 0 Å². The summed E-state index contributed by atoms with van der Waals surface area (Å²) < 4.78 is 4.11. The second-order valence-electron chi connectivity index (χ2n) is 6.01. The van der Waals surface area contributed by atoms with E-state index in [-0.39, 0.29) is 0 Å². The average Bonchev–Trinajstić information content (AvgIpc) is 3.16. The zero-order valence-corrected chi connectivity index (χ0v) is 14.4. The average molecular weight is 343 g/mol. The van der Waals surface area contributed by atoms with E-state index in [4.69, 9.17) is 4.98 Å². The largest absolute Gasteiger partial charge is 0.488 e. The molecule has 2 heterocycles. The van der Waals surface area contributed by atoms with Gasteiger partial charge >= 0.3 is 7.12 Å². The lowest BCUT2D eigenvalue weighted by atomic mass is 9.80. The highest BCUT2D eigenvalue weighted by Crippen LogP contribution is 2.28. The van der Waals surface area contributed by atoms with Crippen molar-refractivity contribution in [3.63, 3.8) is 0 Å². The zero-order valence-electron chi connectivity index (χ0n) is 14.4. The number of nitrogens with zero attached hydrogens (tertiary/aromatic N) is 3. The Bertz CT molecular complexity index is 1150.